The van der Waals surface area contributed by atoms with Gasteiger partial charge in [-0.3, -0.25) is 9.69 Å². The second-order valence-corrected chi connectivity index (χ2v) is 6.54. The number of anilines is 1. The van der Waals surface area contributed by atoms with Crippen molar-refractivity contribution in [2.24, 2.45) is 0 Å². The minimum absolute atomic E-state index is 0.0475. The van der Waals surface area contributed by atoms with Crippen LogP contribution in [0.25, 0.3) is 0 Å². The maximum Gasteiger partial charge on any atom is 0.329 e. The van der Waals surface area contributed by atoms with Gasteiger partial charge in [0.05, 0.1) is 19.8 Å². The van der Waals surface area contributed by atoms with Gasteiger partial charge in [-0.15, -0.1) is 0 Å². The lowest BCUT2D eigenvalue weighted by Gasteiger charge is -2.28. The minimum atomic E-state index is -0.649. The topological polar surface area (TPSA) is 65.1 Å². The van der Waals surface area contributed by atoms with Crippen molar-refractivity contribution in [3.8, 4) is 0 Å². The van der Waals surface area contributed by atoms with Gasteiger partial charge in [-0.05, 0) is 37.8 Å². The fourth-order valence-electron chi connectivity index (χ4n) is 3.44. The summed E-state index contributed by atoms with van der Waals surface area (Å²) in [5, 5.41) is 0. The molecule has 1 amide bonds. The van der Waals surface area contributed by atoms with Crippen molar-refractivity contribution in [2.75, 3.05) is 25.2 Å². The number of ether oxygens (including phenoxy) is 3. The molecule has 0 radical (unpaired) electrons. The molecule has 25 heavy (non-hydrogen) atoms. The molecule has 1 fully saturated rings. The maximum absolute atomic E-state index is 13.0. The number of carbonyl (C=O) groups excluding carboxylic acids is 2. The van der Waals surface area contributed by atoms with Crippen LogP contribution in [-0.4, -0.2) is 50.4 Å². The Hall–Kier alpha value is -1.92. The Morgan fingerprint density at radius 3 is 2.84 bits per heavy atom. The first-order valence-corrected chi connectivity index (χ1v) is 8.84. The zero-order valence-corrected chi connectivity index (χ0v) is 14.8. The molecule has 3 atom stereocenters. The van der Waals surface area contributed by atoms with E-state index in [4.69, 9.17) is 14.2 Å². The number of carbonyl (C=O) groups is 2. The standard InChI is InChI=1S/C19H25NO5/c1-13(25-12-15-8-5-6-10-24-15)18(21)20-16-9-4-3-7-14(16)11-17(20)19(22)23-2/h3-4,7,9,13,15,17H,5-6,8,10-12H2,1-2H3/t13-,15+,17-/m0/s1. The highest BCUT2D eigenvalue weighted by atomic mass is 16.5. The average molecular weight is 347 g/mol. The van der Waals surface area contributed by atoms with Gasteiger partial charge in [0.1, 0.15) is 12.1 Å². The molecule has 0 saturated carbocycles. The fourth-order valence-corrected chi connectivity index (χ4v) is 3.44. The largest absolute Gasteiger partial charge is 0.467 e. The maximum atomic E-state index is 13.0. The molecular weight excluding hydrogens is 322 g/mol. The van der Waals surface area contributed by atoms with Gasteiger partial charge in [-0.25, -0.2) is 4.79 Å². The van der Waals surface area contributed by atoms with Crippen molar-refractivity contribution >= 4 is 17.6 Å². The molecule has 1 aromatic carbocycles. The third-order valence-electron chi connectivity index (χ3n) is 4.84. The zero-order chi connectivity index (χ0) is 17.8. The number of amides is 1. The van der Waals surface area contributed by atoms with Crippen molar-refractivity contribution < 1.29 is 23.8 Å². The summed E-state index contributed by atoms with van der Waals surface area (Å²) >= 11 is 0. The highest BCUT2D eigenvalue weighted by Crippen LogP contribution is 2.33. The van der Waals surface area contributed by atoms with Crippen molar-refractivity contribution in [3.63, 3.8) is 0 Å². The summed E-state index contributed by atoms with van der Waals surface area (Å²) in [5.74, 6) is -0.636. The van der Waals surface area contributed by atoms with E-state index in [-0.39, 0.29) is 12.0 Å². The van der Waals surface area contributed by atoms with Crippen LogP contribution >= 0.6 is 0 Å². The third-order valence-corrected chi connectivity index (χ3v) is 4.84. The second-order valence-electron chi connectivity index (χ2n) is 6.54. The molecule has 0 unspecified atom stereocenters. The van der Waals surface area contributed by atoms with Crippen LogP contribution in [0.1, 0.15) is 31.7 Å². The Labute approximate surface area is 148 Å². The number of esters is 1. The summed E-state index contributed by atoms with van der Waals surface area (Å²) < 4.78 is 16.3. The quantitative estimate of drug-likeness (QED) is 0.763. The van der Waals surface area contributed by atoms with Crippen LogP contribution < -0.4 is 4.90 Å². The molecule has 6 heteroatoms. The minimum Gasteiger partial charge on any atom is -0.467 e. The first-order chi connectivity index (χ1) is 12.1. The van der Waals surface area contributed by atoms with Gasteiger partial charge in [0, 0.05) is 18.7 Å². The van der Waals surface area contributed by atoms with E-state index in [0.717, 1.165) is 37.1 Å². The monoisotopic (exact) mass is 347 g/mol. The summed E-state index contributed by atoms with van der Waals surface area (Å²) in [5.41, 5.74) is 1.72. The molecule has 0 aromatic heterocycles. The lowest BCUT2D eigenvalue weighted by molar-refractivity contribution is -0.145. The van der Waals surface area contributed by atoms with Crippen molar-refractivity contribution in [3.05, 3.63) is 29.8 Å². The summed E-state index contributed by atoms with van der Waals surface area (Å²) in [6.45, 7) is 2.87. The van der Waals surface area contributed by atoms with Crippen molar-refractivity contribution in [1.82, 2.24) is 0 Å². The molecule has 136 valence electrons. The molecule has 0 spiro atoms. The summed E-state index contributed by atoms with van der Waals surface area (Å²) in [6.07, 6.45) is 3.03. The van der Waals surface area contributed by atoms with Gasteiger partial charge < -0.3 is 14.2 Å². The zero-order valence-electron chi connectivity index (χ0n) is 14.8. The molecule has 0 aliphatic carbocycles. The number of fused-ring (bicyclic) bond motifs is 1. The first-order valence-electron chi connectivity index (χ1n) is 8.84. The molecular formula is C19H25NO5. The number of nitrogens with zero attached hydrogens (tertiary/aromatic N) is 1. The normalized spacial score (nSPS) is 23.8. The van der Waals surface area contributed by atoms with E-state index in [2.05, 4.69) is 0 Å². The van der Waals surface area contributed by atoms with Crippen LogP contribution in [0.2, 0.25) is 0 Å². The Kier molecular flexibility index (Phi) is 5.71. The number of rotatable bonds is 5. The van der Waals surface area contributed by atoms with Gasteiger partial charge in [-0.1, -0.05) is 18.2 Å². The Balaban J connectivity index is 1.70. The van der Waals surface area contributed by atoms with Gasteiger partial charge in [0.25, 0.3) is 5.91 Å². The van der Waals surface area contributed by atoms with E-state index < -0.39 is 18.1 Å². The molecule has 2 heterocycles. The smallest absolute Gasteiger partial charge is 0.329 e. The average Bonchev–Trinajstić information content (AvgIpc) is 3.05. The van der Waals surface area contributed by atoms with E-state index >= 15 is 0 Å². The van der Waals surface area contributed by atoms with Gasteiger partial charge in [0.15, 0.2) is 0 Å². The fraction of sp³-hybridized carbons (Fsp3) is 0.579. The molecule has 6 nitrogen and oxygen atoms in total. The number of hydrogen-bond donors (Lipinski definition) is 0. The Bertz CT molecular complexity index is 626. The van der Waals surface area contributed by atoms with Crippen LogP contribution in [0.5, 0.6) is 0 Å². The van der Waals surface area contributed by atoms with Crippen molar-refractivity contribution in [2.45, 2.75) is 50.9 Å². The Morgan fingerprint density at radius 2 is 2.12 bits per heavy atom. The lowest BCUT2D eigenvalue weighted by atomic mass is 10.1. The van der Waals surface area contributed by atoms with E-state index in [0.29, 0.717) is 13.0 Å². The molecule has 1 saturated heterocycles. The molecule has 1 aromatic rings. The molecule has 2 aliphatic rings. The molecule has 2 aliphatic heterocycles. The summed E-state index contributed by atoms with van der Waals surface area (Å²) in [4.78, 5) is 26.6. The first kappa shape index (κ1) is 17.9. The van der Waals surface area contributed by atoms with E-state index in [1.165, 1.54) is 12.0 Å². The van der Waals surface area contributed by atoms with Crippen LogP contribution in [-0.2, 0) is 30.2 Å². The second kappa shape index (κ2) is 7.97. The van der Waals surface area contributed by atoms with Crippen molar-refractivity contribution in [1.29, 1.82) is 0 Å². The van der Waals surface area contributed by atoms with E-state index in [1.54, 1.807) is 6.92 Å². The molecule has 0 bridgehead atoms. The number of benzene rings is 1. The third kappa shape index (κ3) is 3.85. The van der Waals surface area contributed by atoms with Crippen LogP contribution in [0.15, 0.2) is 24.3 Å². The number of methoxy groups -OCH3 is 1. The number of para-hydroxylation sites is 1. The summed E-state index contributed by atoms with van der Waals surface area (Å²) in [6, 6.07) is 6.92. The van der Waals surface area contributed by atoms with Gasteiger partial charge >= 0.3 is 5.97 Å². The van der Waals surface area contributed by atoms with Gasteiger partial charge in [0.2, 0.25) is 0 Å². The SMILES string of the molecule is COC(=O)[C@@H]1Cc2ccccc2N1C(=O)[C@H](C)OC[C@H]1CCCCO1. The van der Waals surface area contributed by atoms with Crippen LogP contribution in [0.4, 0.5) is 5.69 Å². The highest BCUT2D eigenvalue weighted by molar-refractivity contribution is 6.04. The highest BCUT2D eigenvalue weighted by Gasteiger charge is 2.40. The lowest BCUT2D eigenvalue weighted by Crippen LogP contribution is -2.48. The van der Waals surface area contributed by atoms with Crippen LogP contribution in [0, 0.1) is 0 Å². The number of hydrogen-bond acceptors (Lipinski definition) is 5. The van der Waals surface area contributed by atoms with Gasteiger partial charge in [-0.2, -0.15) is 0 Å². The van der Waals surface area contributed by atoms with E-state index in [1.807, 2.05) is 24.3 Å². The van der Waals surface area contributed by atoms with Crippen LogP contribution in [0.3, 0.4) is 0 Å². The predicted octanol–water partition coefficient (Wildman–Crippen LogP) is 2.09. The van der Waals surface area contributed by atoms with E-state index in [9.17, 15) is 9.59 Å². The molecule has 0 N–H and O–H groups in total. The predicted molar refractivity (Wildman–Crippen MR) is 92.4 cm³/mol. The Morgan fingerprint density at radius 1 is 1.32 bits per heavy atom. The molecule has 3 rings (SSSR count). The summed E-state index contributed by atoms with van der Waals surface area (Å²) in [7, 11) is 1.34.